The summed E-state index contributed by atoms with van der Waals surface area (Å²) in [6.45, 7) is 14.0. The maximum Gasteiger partial charge on any atom is 0.407 e. The maximum atomic E-state index is 12.5. The van der Waals surface area contributed by atoms with Crippen molar-refractivity contribution in [2.45, 2.75) is 78.0 Å². The third-order valence-electron chi connectivity index (χ3n) is 5.48. The molecule has 0 unspecified atom stereocenters. The van der Waals surface area contributed by atoms with E-state index in [1.54, 1.807) is 6.92 Å². The van der Waals surface area contributed by atoms with Crippen molar-refractivity contribution in [2.75, 3.05) is 6.61 Å². The van der Waals surface area contributed by atoms with E-state index in [2.05, 4.69) is 50.4 Å². The van der Waals surface area contributed by atoms with Gasteiger partial charge in [0.05, 0.1) is 14.4 Å². The molecule has 0 aliphatic rings. The highest BCUT2D eigenvalue weighted by atomic mass is 28.4. The minimum Gasteiger partial charge on any atom is -0.556 e. The third-order valence-corrected chi connectivity index (χ3v) is 10.5. The molecule has 0 radical (unpaired) electrons. The van der Waals surface area contributed by atoms with Crippen molar-refractivity contribution < 1.29 is 18.8 Å². The number of rotatable bonds is 9. The molecule has 2 aromatic carbocycles. The number of carbonyl (C=O) groups is 2. The molecule has 0 aliphatic heterocycles. The minimum absolute atomic E-state index is 0.0800. The van der Waals surface area contributed by atoms with Crippen molar-refractivity contribution in [1.29, 1.82) is 0 Å². The molecular weight excluding hydrogens is 430 g/mol. The smallest absolute Gasteiger partial charge is 0.407 e. The fourth-order valence-corrected chi connectivity index (χ4v) is 8.64. The van der Waals surface area contributed by atoms with Crippen molar-refractivity contribution in [3.63, 3.8) is 0 Å². The second-order valence-corrected chi connectivity index (χ2v) is 14.9. The molecule has 1 amide bonds. The van der Waals surface area contributed by atoms with E-state index in [1.807, 2.05) is 57.2 Å². The molecule has 0 aliphatic carbocycles. The van der Waals surface area contributed by atoms with Gasteiger partial charge in [-0.15, -0.1) is 5.04 Å². The Morgan fingerprint density at radius 1 is 0.879 bits per heavy atom. The predicted octanol–water partition coefficient (Wildman–Crippen LogP) is 4.83. The number of hydrogen-bond donors (Lipinski definition) is 1. The molecule has 1 N–H and O–H groups in total. The lowest BCUT2D eigenvalue weighted by atomic mass is 10.1. The molecule has 0 spiro atoms. The summed E-state index contributed by atoms with van der Waals surface area (Å²) in [5.41, 5.74) is -0.603. The molecule has 0 fully saturated rings. The number of ether oxygens (including phenoxy) is 1. The lowest BCUT2D eigenvalue weighted by Gasteiger charge is -2.56. The fourth-order valence-electron chi connectivity index (χ4n) is 4.04. The van der Waals surface area contributed by atoms with Gasteiger partial charge in [0.2, 0.25) is 0 Å². The Labute approximate surface area is 200 Å². The van der Waals surface area contributed by atoms with Crippen LogP contribution in [0.2, 0.25) is 5.04 Å². The first kappa shape index (κ1) is 26.8. The van der Waals surface area contributed by atoms with Crippen LogP contribution in [0.3, 0.4) is 0 Å². The van der Waals surface area contributed by atoms with Gasteiger partial charge in [0.1, 0.15) is 11.4 Å². The van der Waals surface area contributed by atoms with Crippen LogP contribution in [0.25, 0.3) is 0 Å². The molecular formula is C27H39NO4Si-. The number of hydrogen-bond acceptors (Lipinski definition) is 4. The minimum atomic E-state index is -2.74. The average Bonchev–Trinajstić information content (AvgIpc) is 2.71. The zero-order valence-corrected chi connectivity index (χ0v) is 22.1. The second-order valence-electron chi connectivity index (χ2n) is 10.6. The Balaban J connectivity index is 2.42. The van der Waals surface area contributed by atoms with Gasteiger partial charge < -0.3 is 19.3 Å². The van der Waals surface area contributed by atoms with E-state index in [9.17, 15) is 9.59 Å². The Morgan fingerprint density at radius 3 is 1.76 bits per heavy atom. The van der Waals surface area contributed by atoms with E-state index >= 15 is 0 Å². The number of alkyl carbamates (subject to hydrolysis) is 1. The summed E-state index contributed by atoms with van der Waals surface area (Å²) < 4.78 is 12.4. The first-order valence-electron chi connectivity index (χ1n) is 11.6. The quantitative estimate of drug-likeness (QED) is 0.535. The molecule has 33 heavy (non-hydrogen) atoms. The van der Waals surface area contributed by atoms with Gasteiger partial charge in [-0.2, -0.15) is 10.4 Å². The lowest BCUT2D eigenvalue weighted by molar-refractivity contribution is -0.117. The molecule has 6 heteroatoms. The van der Waals surface area contributed by atoms with Gasteiger partial charge >= 0.3 is 6.09 Å². The van der Waals surface area contributed by atoms with Crippen LogP contribution < -0.4 is 15.7 Å². The summed E-state index contributed by atoms with van der Waals surface area (Å²) in [6.07, 6.45) is 0.360. The SMILES string of the molecule is CC(=O)CC[C@@H](CO[Si-](c1ccccc1)(c1ccccc1)C(C)(C)C)NC(=O)OC(C)(C)C. The van der Waals surface area contributed by atoms with Crippen LogP contribution in [0.5, 0.6) is 0 Å². The Kier molecular flexibility index (Phi) is 9.03. The van der Waals surface area contributed by atoms with E-state index in [0.29, 0.717) is 19.4 Å². The highest BCUT2D eigenvalue weighted by Crippen LogP contribution is 2.36. The highest BCUT2D eigenvalue weighted by Gasteiger charge is 2.37. The maximum absolute atomic E-state index is 12.5. The average molecular weight is 470 g/mol. The monoisotopic (exact) mass is 469 g/mol. The number of benzene rings is 2. The summed E-state index contributed by atoms with van der Waals surface area (Å²) in [6, 6.07) is 20.4. The summed E-state index contributed by atoms with van der Waals surface area (Å²) in [5.74, 6) is 0.0800. The first-order chi connectivity index (χ1) is 15.3. The predicted molar refractivity (Wildman–Crippen MR) is 137 cm³/mol. The molecule has 2 aromatic rings. The van der Waals surface area contributed by atoms with Crippen molar-refractivity contribution in [1.82, 2.24) is 5.32 Å². The van der Waals surface area contributed by atoms with Gasteiger partial charge in [0.15, 0.2) is 0 Å². The van der Waals surface area contributed by atoms with Gasteiger partial charge in [-0.05, 0) is 34.1 Å². The topological polar surface area (TPSA) is 64.6 Å². The lowest BCUT2D eigenvalue weighted by Crippen LogP contribution is -2.67. The summed E-state index contributed by atoms with van der Waals surface area (Å²) in [4.78, 5) is 24.2. The number of ketones is 1. The number of Topliss-reactive ketones (excluding diaryl/α,β-unsaturated/α-hetero) is 1. The number of nitrogens with one attached hydrogen (secondary N) is 1. The van der Waals surface area contributed by atoms with E-state index in [-0.39, 0.29) is 16.9 Å². The Bertz CT molecular complexity index is 862. The number of amides is 1. The molecule has 5 nitrogen and oxygen atoms in total. The zero-order chi connectivity index (χ0) is 24.7. The molecule has 2 rings (SSSR count). The molecule has 0 bridgehead atoms. The Hall–Kier alpha value is -2.44. The summed E-state index contributed by atoms with van der Waals surface area (Å²) in [7, 11) is -2.74. The van der Waals surface area contributed by atoms with Crippen molar-refractivity contribution in [3.8, 4) is 0 Å². The van der Waals surface area contributed by atoms with Crippen LogP contribution in [-0.2, 0) is 14.0 Å². The molecule has 0 saturated heterocycles. The van der Waals surface area contributed by atoms with Crippen molar-refractivity contribution >= 4 is 30.6 Å². The second kappa shape index (κ2) is 11.1. The molecule has 0 heterocycles. The van der Waals surface area contributed by atoms with Crippen LogP contribution in [0.15, 0.2) is 60.7 Å². The van der Waals surface area contributed by atoms with Crippen LogP contribution in [0, 0.1) is 0 Å². The molecule has 181 valence electrons. The third kappa shape index (κ3) is 7.54. The highest BCUT2D eigenvalue weighted by molar-refractivity contribution is 6.99. The normalized spacial score (nSPS) is 13.3. The van der Waals surface area contributed by atoms with Gasteiger partial charge in [0, 0.05) is 13.0 Å². The zero-order valence-electron chi connectivity index (χ0n) is 21.1. The Morgan fingerprint density at radius 2 is 1.36 bits per heavy atom. The van der Waals surface area contributed by atoms with Crippen molar-refractivity contribution in [3.05, 3.63) is 60.7 Å². The standard InChI is InChI=1S/C27H39NO4Si/c1-21(29)18-19-22(28-25(30)32-26(2,3)4)20-31-33(27(5,6)7,23-14-10-8-11-15-23)24-16-12-9-13-17-24/h8-17,22H,18-20H2,1-7H3,(H,28,30)/q-1/t22-/m0/s1. The van der Waals surface area contributed by atoms with E-state index < -0.39 is 20.0 Å². The van der Waals surface area contributed by atoms with Crippen LogP contribution >= 0.6 is 0 Å². The van der Waals surface area contributed by atoms with Crippen LogP contribution in [0.4, 0.5) is 4.79 Å². The van der Waals surface area contributed by atoms with Gasteiger partial charge in [-0.3, -0.25) is 0 Å². The van der Waals surface area contributed by atoms with E-state index in [0.717, 1.165) is 0 Å². The van der Waals surface area contributed by atoms with Gasteiger partial charge in [0.25, 0.3) is 0 Å². The molecule has 0 saturated carbocycles. The number of carbonyl (C=O) groups excluding carboxylic acids is 2. The first-order valence-corrected chi connectivity index (χ1v) is 13.5. The van der Waals surface area contributed by atoms with Crippen LogP contribution in [-0.4, -0.2) is 38.4 Å². The largest absolute Gasteiger partial charge is 0.556 e. The van der Waals surface area contributed by atoms with Gasteiger partial charge in [-0.1, -0.05) is 81.4 Å². The fraction of sp³-hybridized carbons (Fsp3) is 0.481. The summed E-state index contributed by atoms with van der Waals surface area (Å²) >= 11 is 0. The van der Waals surface area contributed by atoms with E-state index in [1.165, 1.54) is 10.4 Å². The molecule has 1 atom stereocenters. The van der Waals surface area contributed by atoms with E-state index in [4.69, 9.17) is 9.16 Å². The summed E-state index contributed by atoms with van der Waals surface area (Å²) in [5, 5.41) is 5.11. The molecule has 0 aromatic heterocycles. The van der Waals surface area contributed by atoms with Crippen LogP contribution in [0.1, 0.15) is 61.3 Å². The van der Waals surface area contributed by atoms with Crippen molar-refractivity contribution in [2.24, 2.45) is 0 Å². The van der Waals surface area contributed by atoms with Gasteiger partial charge in [-0.25, -0.2) is 4.79 Å².